The van der Waals surface area contributed by atoms with E-state index in [-0.39, 0.29) is 0 Å². The maximum atomic E-state index is 5.45. The van der Waals surface area contributed by atoms with Crippen LogP contribution in [-0.2, 0) is 0 Å². The van der Waals surface area contributed by atoms with Crippen LogP contribution >= 0.6 is 12.2 Å². The van der Waals surface area contributed by atoms with Gasteiger partial charge in [-0.3, -0.25) is 4.98 Å². The highest BCUT2D eigenvalue weighted by Crippen LogP contribution is 2.21. The Morgan fingerprint density at radius 2 is 2.13 bits per heavy atom. The number of hydrogen-bond donors (Lipinski definition) is 1. The highest BCUT2D eigenvalue weighted by Gasteiger charge is 2.08. The molecule has 0 fully saturated rings. The van der Waals surface area contributed by atoms with Crippen LogP contribution in [0, 0.1) is 4.77 Å². The van der Waals surface area contributed by atoms with Crippen molar-refractivity contribution in [2.75, 3.05) is 6.61 Å². The SMILES string of the molecule is CCOc1ccc(-c2n[nH]c(=S)n2N=Cc2cccnc2)cc1. The van der Waals surface area contributed by atoms with E-state index in [2.05, 4.69) is 20.3 Å². The summed E-state index contributed by atoms with van der Waals surface area (Å²) in [5.41, 5.74) is 1.78. The quantitative estimate of drug-likeness (QED) is 0.577. The van der Waals surface area contributed by atoms with Crippen LogP contribution in [0.15, 0.2) is 53.9 Å². The van der Waals surface area contributed by atoms with Crippen molar-refractivity contribution in [2.45, 2.75) is 6.92 Å². The van der Waals surface area contributed by atoms with Gasteiger partial charge in [0.1, 0.15) is 5.75 Å². The van der Waals surface area contributed by atoms with Crippen molar-refractivity contribution in [2.24, 2.45) is 5.10 Å². The van der Waals surface area contributed by atoms with Gasteiger partial charge in [-0.25, -0.2) is 5.10 Å². The van der Waals surface area contributed by atoms with E-state index in [1.165, 1.54) is 0 Å². The Balaban J connectivity index is 1.92. The topological polar surface area (TPSA) is 68.1 Å². The highest BCUT2D eigenvalue weighted by molar-refractivity contribution is 7.71. The van der Waals surface area contributed by atoms with Crippen LogP contribution in [0.1, 0.15) is 12.5 Å². The summed E-state index contributed by atoms with van der Waals surface area (Å²) in [6, 6.07) is 11.4. The van der Waals surface area contributed by atoms with E-state index < -0.39 is 0 Å². The van der Waals surface area contributed by atoms with Gasteiger partial charge >= 0.3 is 0 Å². The Labute approximate surface area is 138 Å². The zero-order valence-corrected chi connectivity index (χ0v) is 13.3. The molecule has 3 aromatic rings. The summed E-state index contributed by atoms with van der Waals surface area (Å²) in [5.74, 6) is 1.45. The summed E-state index contributed by atoms with van der Waals surface area (Å²) in [4.78, 5) is 4.05. The molecule has 3 rings (SSSR count). The second kappa shape index (κ2) is 6.97. The van der Waals surface area contributed by atoms with Crippen LogP contribution in [0.3, 0.4) is 0 Å². The largest absolute Gasteiger partial charge is 0.494 e. The van der Waals surface area contributed by atoms with Crippen molar-refractivity contribution in [1.82, 2.24) is 19.9 Å². The van der Waals surface area contributed by atoms with Crippen LogP contribution in [-0.4, -0.2) is 32.7 Å². The third-order valence-electron chi connectivity index (χ3n) is 3.08. The predicted octanol–water partition coefficient (Wildman–Crippen LogP) is 3.28. The van der Waals surface area contributed by atoms with Crippen molar-refractivity contribution in [3.63, 3.8) is 0 Å². The van der Waals surface area contributed by atoms with Gasteiger partial charge in [0.25, 0.3) is 0 Å². The Hall–Kier alpha value is -2.80. The number of aromatic nitrogens is 4. The normalized spacial score (nSPS) is 11.0. The zero-order valence-electron chi connectivity index (χ0n) is 12.5. The lowest BCUT2D eigenvalue weighted by molar-refractivity contribution is 0.340. The number of nitrogens with one attached hydrogen (secondary N) is 1. The maximum Gasteiger partial charge on any atom is 0.216 e. The van der Waals surface area contributed by atoms with E-state index in [0.29, 0.717) is 17.2 Å². The molecule has 7 heteroatoms. The zero-order chi connectivity index (χ0) is 16.1. The number of nitrogens with zero attached hydrogens (tertiary/aromatic N) is 4. The summed E-state index contributed by atoms with van der Waals surface area (Å²) < 4.78 is 7.45. The molecule has 23 heavy (non-hydrogen) atoms. The molecule has 0 unspecified atom stereocenters. The number of benzene rings is 1. The van der Waals surface area contributed by atoms with Crippen LogP contribution in [0.2, 0.25) is 0 Å². The van der Waals surface area contributed by atoms with Crippen LogP contribution in [0.25, 0.3) is 11.4 Å². The number of ether oxygens (including phenoxy) is 1. The molecule has 0 bridgehead atoms. The van der Waals surface area contributed by atoms with Gasteiger partial charge in [-0.2, -0.15) is 14.9 Å². The van der Waals surface area contributed by atoms with E-state index in [1.54, 1.807) is 23.3 Å². The lowest BCUT2D eigenvalue weighted by Gasteiger charge is -2.04. The smallest absolute Gasteiger partial charge is 0.216 e. The van der Waals surface area contributed by atoms with Gasteiger partial charge in [-0.1, -0.05) is 6.07 Å². The van der Waals surface area contributed by atoms with E-state index >= 15 is 0 Å². The summed E-state index contributed by atoms with van der Waals surface area (Å²) in [7, 11) is 0. The fourth-order valence-electron chi connectivity index (χ4n) is 2.03. The fraction of sp³-hybridized carbons (Fsp3) is 0.125. The van der Waals surface area contributed by atoms with Crippen LogP contribution in [0.5, 0.6) is 5.75 Å². The standard InChI is InChI=1S/C16H15N5OS/c1-2-22-14-7-5-13(6-8-14)15-19-20-16(23)21(15)18-11-12-4-3-9-17-10-12/h3-11H,2H2,1H3,(H,20,23). The molecule has 2 aromatic heterocycles. The molecule has 0 aliphatic heterocycles. The highest BCUT2D eigenvalue weighted by atomic mass is 32.1. The Morgan fingerprint density at radius 1 is 1.30 bits per heavy atom. The first kappa shape index (κ1) is 15.1. The summed E-state index contributed by atoms with van der Waals surface area (Å²) in [5, 5.41) is 11.4. The first-order chi connectivity index (χ1) is 11.3. The number of hydrogen-bond acceptors (Lipinski definition) is 5. The molecule has 6 nitrogen and oxygen atoms in total. The molecule has 0 amide bonds. The Morgan fingerprint density at radius 3 is 2.83 bits per heavy atom. The molecular weight excluding hydrogens is 310 g/mol. The molecule has 0 spiro atoms. The average Bonchev–Trinajstić information content (AvgIpc) is 2.96. The van der Waals surface area contributed by atoms with E-state index in [4.69, 9.17) is 17.0 Å². The molecule has 1 aromatic carbocycles. The number of rotatable bonds is 5. The summed E-state index contributed by atoms with van der Waals surface area (Å²) >= 11 is 5.25. The molecule has 0 saturated carbocycles. The molecule has 0 aliphatic rings. The van der Waals surface area contributed by atoms with Crippen molar-refractivity contribution in [1.29, 1.82) is 0 Å². The van der Waals surface area contributed by atoms with Crippen molar-refractivity contribution in [3.05, 3.63) is 59.1 Å². The molecule has 0 aliphatic carbocycles. The molecule has 0 radical (unpaired) electrons. The van der Waals surface area contributed by atoms with Crippen molar-refractivity contribution >= 4 is 18.4 Å². The van der Waals surface area contributed by atoms with E-state index in [1.807, 2.05) is 43.3 Å². The lowest BCUT2D eigenvalue weighted by atomic mass is 10.2. The predicted molar refractivity (Wildman–Crippen MR) is 91.2 cm³/mol. The van der Waals surface area contributed by atoms with Crippen LogP contribution in [0.4, 0.5) is 0 Å². The van der Waals surface area contributed by atoms with Gasteiger partial charge in [-0.05, 0) is 49.5 Å². The van der Waals surface area contributed by atoms with E-state index in [0.717, 1.165) is 16.9 Å². The third kappa shape index (κ3) is 3.51. The first-order valence-electron chi connectivity index (χ1n) is 7.13. The first-order valence-corrected chi connectivity index (χ1v) is 7.54. The Bertz CT molecular complexity index is 852. The molecule has 0 atom stereocenters. The summed E-state index contributed by atoms with van der Waals surface area (Å²) in [6.45, 7) is 2.58. The van der Waals surface area contributed by atoms with Gasteiger partial charge in [0.2, 0.25) is 4.77 Å². The van der Waals surface area contributed by atoms with Crippen molar-refractivity contribution in [3.8, 4) is 17.1 Å². The third-order valence-corrected chi connectivity index (χ3v) is 3.34. The monoisotopic (exact) mass is 325 g/mol. The minimum atomic E-state index is 0.425. The Kier molecular flexibility index (Phi) is 4.58. The van der Waals surface area contributed by atoms with Gasteiger partial charge in [0.15, 0.2) is 5.82 Å². The van der Waals surface area contributed by atoms with Crippen LogP contribution < -0.4 is 4.74 Å². The second-order valence-electron chi connectivity index (χ2n) is 4.65. The molecule has 0 saturated heterocycles. The summed E-state index contributed by atoms with van der Waals surface area (Å²) in [6.07, 6.45) is 5.13. The lowest BCUT2D eigenvalue weighted by Crippen LogP contribution is -1.96. The fourth-order valence-corrected chi connectivity index (χ4v) is 2.21. The number of H-pyrrole nitrogens is 1. The second-order valence-corrected chi connectivity index (χ2v) is 5.04. The minimum Gasteiger partial charge on any atom is -0.494 e. The maximum absolute atomic E-state index is 5.45. The average molecular weight is 325 g/mol. The molecule has 116 valence electrons. The van der Waals surface area contributed by atoms with Gasteiger partial charge in [0.05, 0.1) is 12.8 Å². The van der Waals surface area contributed by atoms with E-state index in [9.17, 15) is 0 Å². The molecule has 2 heterocycles. The van der Waals surface area contributed by atoms with Crippen molar-refractivity contribution < 1.29 is 4.74 Å². The minimum absolute atomic E-state index is 0.425. The number of pyridine rings is 1. The van der Waals surface area contributed by atoms with Gasteiger partial charge in [0, 0.05) is 23.5 Å². The molecular formula is C16H15N5OS. The van der Waals surface area contributed by atoms with Gasteiger partial charge < -0.3 is 4.74 Å². The molecule has 1 N–H and O–H groups in total. The van der Waals surface area contributed by atoms with Gasteiger partial charge in [-0.15, -0.1) is 0 Å². The number of aromatic amines is 1.